The lowest BCUT2D eigenvalue weighted by Crippen LogP contribution is -2.26. The number of hydrogen-bond acceptors (Lipinski definition) is 3. The molecule has 5 heteroatoms. The Labute approximate surface area is 125 Å². The van der Waals surface area contributed by atoms with Crippen LogP contribution in [0.4, 0.5) is 0 Å². The normalized spacial score (nSPS) is 11.1. The molecule has 108 valence electrons. The van der Waals surface area contributed by atoms with Gasteiger partial charge in [0, 0.05) is 30.2 Å². The minimum atomic E-state index is 0.574. The van der Waals surface area contributed by atoms with Gasteiger partial charge >= 0.3 is 0 Å². The van der Waals surface area contributed by atoms with Crippen LogP contribution in [0.5, 0.6) is 5.75 Å². The van der Waals surface area contributed by atoms with Crippen LogP contribution in [0.15, 0.2) is 12.1 Å². The maximum Gasteiger partial charge on any atom is 0.142 e. The van der Waals surface area contributed by atoms with Crippen molar-refractivity contribution >= 4 is 23.2 Å². The first kappa shape index (κ1) is 16.6. The average Bonchev–Trinajstić information content (AvgIpc) is 2.33. The van der Waals surface area contributed by atoms with Gasteiger partial charge in [-0.1, -0.05) is 30.1 Å². The van der Waals surface area contributed by atoms with Gasteiger partial charge in [-0.15, -0.1) is 0 Å². The highest BCUT2D eigenvalue weighted by atomic mass is 35.5. The molecule has 0 atom stereocenters. The molecule has 1 aromatic carbocycles. The van der Waals surface area contributed by atoms with Gasteiger partial charge in [-0.2, -0.15) is 0 Å². The summed E-state index contributed by atoms with van der Waals surface area (Å²) in [5.41, 5.74) is 1.00. The van der Waals surface area contributed by atoms with E-state index in [1.54, 1.807) is 6.07 Å². The monoisotopic (exact) mass is 304 g/mol. The number of ether oxygens (including phenoxy) is 1. The Morgan fingerprint density at radius 3 is 2.63 bits per heavy atom. The molecule has 1 aromatic rings. The number of halogens is 2. The fourth-order valence-corrected chi connectivity index (χ4v) is 2.23. The van der Waals surface area contributed by atoms with Crippen LogP contribution in [0, 0.1) is 0 Å². The maximum atomic E-state index is 6.19. The quantitative estimate of drug-likeness (QED) is 0.745. The molecule has 0 aliphatic heterocycles. The predicted molar refractivity (Wildman–Crippen MR) is 82.5 cm³/mol. The van der Waals surface area contributed by atoms with Crippen molar-refractivity contribution in [2.75, 3.05) is 33.8 Å². The van der Waals surface area contributed by atoms with Crippen molar-refractivity contribution in [2.24, 2.45) is 0 Å². The van der Waals surface area contributed by atoms with E-state index in [1.165, 1.54) is 0 Å². The van der Waals surface area contributed by atoms with Crippen molar-refractivity contribution in [3.8, 4) is 5.75 Å². The van der Waals surface area contributed by atoms with Gasteiger partial charge in [-0.25, -0.2) is 0 Å². The van der Waals surface area contributed by atoms with Crippen molar-refractivity contribution in [1.29, 1.82) is 0 Å². The number of nitrogens with zero attached hydrogens (tertiary/aromatic N) is 1. The third-order valence-corrected chi connectivity index (χ3v) is 3.09. The molecule has 0 spiro atoms. The van der Waals surface area contributed by atoms with E-state index in [-0.39, 0.29) is 0 Å². The van der Waals surface area contributed by atoms with Crippen molar-refractivity contribution in [1.82, 2.24) is 10.2 Å². The smallest absolute Gasteiger partial charge is 0.142 e. The molecule has 0 fully saturated rings. The molecule has 0 saturated carbocycles. The molecule has 0 radical (unpaired) electrons. The summed E-state index contributed by atoms with van der Waals surface area (Å²) in [5, 5.41) is 4.58. The van der Waals surface area contributed by atoms with Gasteiger partial charge in [-0.05, 0) is 32.6 Å². The third kappa shape index (κ3) is 6.00. The average molecular weight is 305 g/mol. The van der Waals surface area contributed by atoms with Gasteiger partial charge in [0.1, 0.15) is 5.75 Å². The van der Waals surface area contributed by atoms with E-state index in [0.717, 1.165) is 30.8 Å². The molecule has 0 heterocycles. The highest BCUT2D eigenvalue weighted by Gasteiger charge is 2.10. The van der Waals surface area contributed by atoms with Crippen LogP contribution in [-0.2, 0) is 6.54 Å². The Balaban J connectivity index is 2.68. The van der Waals surface area contributed by atoms with Crippen LogP contribution in [-0.4, -0.2) is 38.7 Å². The Morgan fingerprint density at radius 1 is 1.26 bits per heavy atom. The Kier molecular flexibility index (Phi) is 7.54. The van der Waals surface area contributed by atoms with E-state index >= 15 is 0 Å². The summed E-state index contributed by atoms with van der Waals surface area (Å²) in [5.74, 6) is 0.741. The lowest BCUT2D eigenvalue weighted by atomic mass is 10.2. The van der Waals surface area contributed by atoms with Crippen molar-refractivity contribution in [3.05, 3.63) is 27.7 Å². The molecule has 0 bridgehead atoms. The molecular weight excluding hydrogens is 283 g/mol. The first-order valence-electron chi connectivity index (χ1n) is 6.50. The molecule has 0 saturated heterocycles. The zero-order chi connectivity index (χ0) is 14.3. The number of rotatable bonds is 8. The van der Waals surface area contributed by atoms with E-state index in [9.17, 15) is 0 Å². The first-order valence-corrected chi connectivity index (χ1v) is 7.26. The Morgan fingerprint density at radius 2 is 2.00 bits per heavy atom. The number of nitrogens with one attached hydrogen (secondary N) is 1. The fraction of sp³-hybridized carbons (Fsp3) is 0.571. The standard InChI is InChI=1S/C14H22Cl2N2O/c1-4-7-19-14-11(8-12(15)9-13(14)16)10-17-5-6-18(2)3/h8-9,17H,4-7,10H2,1-3H3. The van der Waals surface area contributed by atoms with Crippen LogP contribution in [0.1, 0.15) is 18.9 Å². The van der Waals surface area contributed by atoms with Gasteiger partial charge in [0.15, 0.2) is 0 Å². The second-order valence-electron chi connectivity index (χ2n) is 4.70. The molecule has 0 amide bonds. The SMILES string of the molecule is CCCOc1c(Cl)cc(Cl)cc1CNCCN(C)C. The number of benzene rings is 1. The van der Waals surface area contributed by atoms with E-state index in [2.05, 4.69) is 17.1 Å². The van der Waals surface area contributed by atoms with Crippen LogP contribution < -0.4 is 10.1 Å². The van der Waals surface area contributed by atoms with Gasteiger partial charge in [0.25, 0.3) is 0 Å². The summed E-state index contributed by atoms with van der Waals surface area (Å²) >= 11 is 12.2. The number of likely N-dealkylation sites (N-methyl/N-ethyl adjacent to an activating group) is 1. The Hall–Kier alpha value is -0.480. The molecule has 0 unspecified atom stereocenters. The fourth-order valence-electron chi connectivity index (χ4n) is 1.64. The number of hydrogen-bond donors (Lipinski definition) is 1. The topological polar surface area (TPSA) is 24.5 Å². The van der Waals surface area contributed by atoms with Crippen LogP contribution in [0.3, 0.4) is 0 Å². The predicted octanol–water partition coefficient (Wildman–Crippen LogP) is 3.43. The minimum Gasteiger partial charge on any atom is -0.492 e. The summed E-state index contributed by atoms with van der Waals surface area (Å²) in [7, 11) is 4.10. The molecular formula is C14H22Cl2N2O. The zero-order valence-corrected chi connectivity index (χ0v) is 13.3. The summed E-state index contributed by atoms with van der Waals surface area (Å²) in [6.07, 6.45) is 0.951. The van der Waals surface area contributed by atoms with Crippen molar-refractivity contribution in [2.45, 2.75) is 19.9 Å². The van der Waals surface area contributed by atoms with Crippen LogP contribution >= 0.6 is 23.2 Å². The molecule has 0 aliphatic rings. The third-order valence-electron chi connectivity index (χ3n) is 2.59. The largest absolute Gasteiger partial charge is 0.492 e. The summed E-state index contributed by atoms with van der Waals surface area (Å²) in [6, 6.07) is 3.62. The van der Waals surface area contributed by atoms with Crippen molar-refractivity contribution in [3.63, 3.8) is 0 Å². The molecule has 0 aromatic heterocycles. The van der Waals surface area contributed by atoms with Crippen LogP contribution in [0.2, 0.25) is 10.0 Å². The molecule has 0 aliphatic carbocycles. The highest BCUT2D eigenvalue weighted by molar-refractivity contribution is 6.35. The second-order valence-corrected chi connectivity index (χ2v) is 5.55. The lowest BCUT2D eigenvalue weighted by Gasteiger charge is -2.15. The van der Waals surface area contributed by atoms with Crippen LogP contribution in [0.25, 0.3) is 0 Å². The van der Waals surface area contributed by atoms with Crippen molar-refractivity contribution < 1.29 is 4.74 Å². The second kappa shape index (κ2) is 8.64. The zero-order valence-electron chi connectivity index (χ0n) is 11.8. The highest BCUT2D eigenvalue weighted by Crippen LogP contribution is 2.32. The van der Waals surface area contributed by atoms with E-state index in [0.29, 0.717) is 23.2 Å². The maximum absolute atomic E-state index is 6.19. The summed E-state index contributed by atoms with van der Waals surface area (Å²) < 4.78 is 5.71. The molecule has 3 nitrogen and oxygen atoms in total. The minimum absolute atomic E-state index is 0.574. The summed E-state index contributed by atoms with van der Waals surface area (Å²) in [4.78, 5) is 2.13. The van der Waals surface area contributed by atoms with Gasteiger partial charge in [0.2, 0.25) is 0 Å². The molecule has 19 heavy (non-hydrogen) atoms. The Bertz CT molecular complexity index is 397. The van der Waals surface area contributed by atoms with E-state index in [4.69, 9.17) is 27.9 Å². The molecule has 1 rings (SSSR count). The van der Waals surface area contributed by atoms with Gasteiger partial charge < -0.3 is 15.0 Å². The first-order chi connectivity index (χ1) is 9.04. The summed E-state index contributed by atoms with van der Waals surface area (Å²) in [6.45, 7) is 5.32. The lowest BCUT2D eigenvalue weighted by molar-refractivity contribution is 0.313. The van der Waals surface area contributed by atoms with Gasteiger partial charge in [-0.3, -0.25) is 0 Å². The van der Waals surface area contributed by atoms with E-state index < -0.39 is 0 Å². The van der Waals surface area contributed by atoms with E-state index in [1.807, 2.05) is 20.2 Å². The van der Waals surface area contributed by atoms with Gasteiger partial charge in [0.05, 0.1) is 11.6 Å². The molecule has 1 N–H and O–H groups in total.